The molecule has 0 saturated carbocycles. The van der Waals surface area contributed by atoms with Gasteiger partial charge >= 0.3 is 0 Å². The fraction of sp³-hybridized carbons (Fsp3) is 0.929. The van der Waals surface area contributed by atoms with Crippen LogP contribution < -0.4 is 0 Å². The van der Waals surface area contributed by atoms with Crippen molar-refractivity contribution in [3.05, 3.63) is 0 Å². The Morgan fingerprint density at radius 1 is 1.30 bits per heavy atom. The Morgan fingerprint density at radius 2 is 2.10 bits per heavy atom. The number of hydrogen-bond donors (Lipinski definition) is 0. The van der Waals surface area contributed by atoms with Gasteiger partial charge in [0.25, 0.3) is 0 Å². The summed E-state index contributed by atoms with van der Waals surface area (Å²) in [5.41, 5.74) is 0. The molecule has 0 amide bonds. The van der Waals surface area contributed by atoms with E-state index in [1.54, 1.807) is 0 Å². The van der Waals surface area contributed by atoms with Gasteiger partial charge in [-0.15, -0.1) is 0 Å². The number of nitrogens with zero attached hydrogens (tertiary/aromatic N) is 1. The van der Waals surface area contributed by atoms with Gasteiger partial charge in [0.2, 0.25) is 0 Å². The smallest absolute Gasteiger partial charge is 0.163 e. The minimum absolute atomic E-state index is 0.00769. The van der Waals surface area contributed by atoms with E-state index in [4.69, 9.17) is 23.7 Å². The first-order valence-corrected chi connectivity index (χ1v) is 7.18. The lowest BCUT2D eigenvalue weighted by Gasteiger charge is -2.48. The van der Waals surface area contributed by atoms with Crippen LogP contribution in [0.5, 0.6) is 0 Å². The van der Waals surface area contributed by atoms with Crippen LogP contribution in [0.15, 0.2) is 0 Å². The van der Waals surface area contributed by atoms with Crippen molar-refractivity contribution in [3.63, 3.8) is 0 Å². The molecule has 20 heavy (non-hydrogen) atoms. The van der Waals surface area contributed by atoms with Gasteiger partial charge < -0.3 is 23.7 Å². The summed E-state index contributed by atoms with van der Waals surface area (Å²) in [7, 11) is 0. The second-order valence-corrected chi connectivity index (χ2v) is 5.90. The van der Waals surface area contributed by atoms with Crippen molar-refractivity contribution in [1.29, 1.82) is 5.26 Å². The van der Waals surface area contributed by atoms with Gasteiger partial charge in [-0.2, -0.15) is 5.26 Å². The molecule has 3 aliphatic heterocycles. The molecule has 1 unspecified atom stereocenters. The topological polar surface area (TPSA) is 69.9 Å². The molecule has 3 fully saturated rings. The maximum atomic E-state index is 9.29. The highest BCUT2D eigenvalue weighted by Gasteiger charge is 2.55. The van der Waals surface area contributed by atoms with Gasteiger partial charge in [0, 0.05) is 18.9 Å². The molecule has 0 aromatic carbocycles. The van der Waals surface area contributed by atoms with E-state index in [0.29, 0.717) is 19.6 Å². The van der Waals surface area contributed by atoms with Crippen LogP contribution >= 0.6 is 0 Å². The van der Waals surface area contributed by atoms with Crippen molar-refractivity contribution in [3.8, 4) is 6.07 Å². The molecule has 0 bridgehead atoms. The monoisotopic (exact) mass is 283 g/mol. The average Bonchev–Trinajstić information content (AvgIpc) is 2.82. The maximum absolute atomic E-state index is 9.29. The summed E-state index contributed by atoms with van der Waals surface area (Å²) < 4.78 is 28.9. The van der Waals surface area contributed by atoms with E-state index in [2.05, 4.69) is 6.07 Å². The SMILES string of the molecule is CCOC1C[C@H]2[C@@H](O1)[C@@H]1OC(C)(C)OC[C@H]1O[C@@H]2C#N. The molecule has 3 rings (SSSR count). The molecule has 6 nitrogen and oxygen atoms in total. The molecule has 6 heteroatoms. The van der Waals surface area contributed by atoms with E-state index in [-0.39, 0.29) is 30.5 Å². The zero-order valence-electron chi connectivity index (χ0n) is 12.1. The zero-order chi connectivity index (χ0) is 14.3. The van der Waals surface area contributed by atoms with Crippen molar-refractivity contribution in [2.75, 3.05) is 13.2 Å². The first-order valence-electron chi connectivity index (χ1n) is 7.18. The summed E-state index contributed by atoms with van der Waals surface area (Å²) in [5.74, 6) is -0.659. The molecule has 6 atom stereocenters. The lowest BCUT2D eigenvalue weighted by molar-refractivity contribution is -0.349. The first-order chi connectivity index (χ1) is 9.54. The molecule has 0 aromatic heterocycles. The standard InChI is InChI=1S/C14H21NO5/c1-4-16-11-5-8-9(6-15)18-10-7-17-14(2,3)20-13(10)12(8)19-11/h8-13H,4-5,7H2,1-3H3/t8-,9-,10-,11?,12-,13-/m1/s1. The van der Waals surface area contributed by atoms with Gasteiger partial charge in [-0.1, -0.05) is 0 Å². The number of ether oxygens (including phenoxy) is 5. The van der Waals surface area contributed by atoms with Crippen LogP contribution in [0, 0.1) is 17.2 Å². The molecular weight excluding hydrogens is 262 g/mol. The molecule has 0 N–H and O–H groups in total. The third-order valence-corrected chi connectivity index (χ3v) is 4.09. The van der Waals surface area contributed by atoms with Gasteiger partial charge in [-0.05, 0) is 20.8 Å². The lowest BCUT2D eigenvalue weighted by atomic mass is 9.86. The van der Waals surface area contributed by atoms with Gasteiger partial charge in [0.05, 0.1) is 18.8 Å². The average molecular weight is 283 g/mol. The van der Waals surface area contributed by atoms with Crippen molar-refractivity contribution < 1.29 is 23.7 Å². The van der Waals surface area contributed by atoms with Crippen LogP contribution in [0.4, 0.5) is 0 Å². The van der Waals surface area contributed by atoms with Gasteiger partial charge in [0.1, 0.15) is 18.3 Å². The molecule has 3 saturated heterocycles. The number of nitriles is 1. The van der Waals surface area contributed by atoms with Crippen molar-refractivity contribution in [2.45, 2.75) is 63.7 Å². The highest BCUT2D eigenvalue weighted by molar-refractivity contribution is 5.05. The largest absolute Gasteiger partial charge is 0.354 e. The Morgan fingerprint density at radius 3 is 2.80 bits per heavy atom. The molecule has 112 valence electrons. The van der Waals surface area contributed by atoms with Gasteiger partial charge in [-0.25, -0.2) is 0 Å². The normalized spacial score (nSPS) is 46.3. The van der Waals surface area contributed by atoms with E-state index >= 15 is 0 Å². The molecule has 0 aromatic rings. The molecule has 0 spiro atoms. The quantitative estimate of drug-likeness (QED) is 0.758. The summed E-state index contributed by atoms with van der Waals surface area (Å²) in [6.45, 7) is 6.70. The van der Waals surface area contributed by atoms with Crippen molar-refractivity contribution in [1.82, 2.24) is 0 Å². The van der Waals surface area contributed by atoms with Gasteiger partial charge in [0.15, 0.2) is 12.1 Å². The van der Waals surface area contributed by atoms with Crippen LogP contribution in [0.25, 0.3) is 0 Å². The van der Waals surface area contributed by atoms with Crippen LogP contribution in [-0.4, -0.2) is 49.7 Å². The Hall–Kier alpha value is -0.710. The van der Waals surface area contributed by atoms with Crippen LogP contribution in [0.3, 0.4) is 0 Å². The lowest BCUT2D eigenvalue weighted by Crippen LogP contribution is -2.61. The number of hydrogen-bond acceptors (Lipinski definition) is 6. The highest BCUT2D eigenvalue weighted by atomic mass is 16.7. The van der Waals surface area contributed by atoms with E-state index in [1.165, 1.54) is 0 Å². The van der Waals surface area contributed by atoms with Crippen LogP contribution in [0.2, 0.25) is 0 Å². The third-order valence-electron chi connectivity index (χ3n) is 4.09. The molecule has 3 aliphatic rings. The highest BCUT2D eigenvalue weighted by Crippen LogP contribution is 2.42. The van der Waals surface area contributed by atoms with E-state index in [1.807, 2.05) is 20.8 Å². The second-order valence-electron chi connectivity index (χ2n) is 5.90. The molecule has 0 radical (unpaired) electrons. The third kappa shape index (κ3) is 2.45. The number of fused-ring (bicyclic) bond motifs is 3. The first kappa shape index (κ1) is 14.2. The van der Waals surface area contributed by atoms with Crippen molar-refractivity contribution in [2.24, 2.45) is 5.92 Å². The molecule has 0 aliphatic carbocycles. The predicted molar refractivity (Wildman–Crippen MR) is 67.6 cm³/mol. The Balaban J connectivity index is 1.80. The molecule has 3 heterocycles. The Kier molecular flexibility index (Phi) is 3.73. The fourth-order valence-corrected chi connectivity index (χ4v) is 3.22. The van der Waals surface area contributed by atoms with Gasteiger partial charge in [-0.3, -0.25) is 0 Å². The predicted octanol–water partition coefficient (Wildman–Crippen LogP) is 1.20. The fourth-order valence-electron chi connectivity index (χ4n) is 3.22. The van der Waals surface area contributed by atoms with Crippen molar-refractivity contribution >= 4 is 0 Å². The zero-order valence-corrected chi connectivity index (χ0v) is 12.1. The summed E-state index contributed by atoms with van der Waals surface area (Å²) in [6.07, 6.45) is -0.723. The van der Waals surface area contributed by atoms with Crippen LogP contribution in [0.1, 0.15) is 27.2 Å². The summed E-state index contributed by atoms with van der Waals surface area (Å²) >= 11 is 0. The number of rotatable bonds is 2. The Bertz CT molecular complexity index is 407. The maximum Gasteiger partial charge on any atom is 0.163 e. The minimum atomic E-state index is -0.651. The summed E-state index contributed by atoms with van der Waals surface area (Å²) in [5, 5.41) is 9.29. The minimum Gasteiger partial charge on any atom is -0.354 e. The summed E-state index contributed by atoms with van der Waals surface area (Å²) in [4.78, 5) is 0. The van der Waals surface area contributed by atoms with Crippen LogP contribution in [-0.2, 0) is 23.7 Å². The second kappa shape index (κ2) is 5.24. The summed E-state index contributed by atoms with van der Waals surface area (Å²) in [6, 6.07) is 2.22. The van der Waals surface area contributed by atoms with E-state index in [0.717, 1.165) is 0 Å². The molecular formula is C14H21NO5. The van der Waals surface area contributed by atoms with E-state index in [9.17, 15) is 5.26 Å². The van der Waals surface area contributed by atoms with E-state index < -0.39 is 11.9 Å². The Labute approximate surface area is 118 Å².